The molecule has 20 heavy (non-hydrogen) atoms. The summed E-state index contributed by atoms with van der Waals surface area (Å²) in [6.45, 7) is 3.32. The molecule has 112 valence electrons. The van der Waals surface area contributed by atoms with Crippen LogP contribution in [-0.4, -0.2) is 21.2 Å². The molecule has 1 fully saturated rings. The maximum atomic E-state index is 11.4. The van der Waals surface area contributed by atoms with Gasteiger partial charge in [-0.1, -0.05) is 32.6 Å². The molecule has 0 radical (unpaired) electrons. The Kier molecular flexibility index (Phi) is 4.74. The van der Waals surface area contributed by atoms with E-state index < -0.39 is 9.84 Å². The predicted octanol–water partition coefficient (Wildman–Crippen LogP) is 3.86. The summed E-state index contributed by atoms with van der Waals surface area (Å²) in [5.74, 6) is 0. The summed E-state index contributed by atoms with van der Waals surface area (Å²) >= 11 is 0. The van der Waals surface area contributed by atoms with E-state index in [0.29, 0.717) is 10.3 Å². The Bertz CT molecular complexity index is 526. The summed E-state index contributed by atoms with van der Waals surface area (Å²) in [4.78, 5) is 0.378. The first kappa shape index (κ1) is 15.4. The summed E-state index contributed by atoms with van der Waals surface area (Å²) in [7, 11) is -3.10. The van der Waals surface area contributed by atoms with E-state index in [1.165, 1.54) is 44.8 Å². The lowest BCUT2D eigenvalue weighted by molar-refractivity contribution is 0.299. The van der Waals surface area contributed by atoms with Crippen molar-refractivity contribution in [2.24, 2.45) is 5.41 Å². The SMILES string of the molecule is CC1(CNc2ccc(S(C)(=O)=O)cc2)CCCCCC1. The van der Waals surface area contributed by atoms with Crippen LogP contribution in [0.3, 0.4) is 0 Å². The molecule has 1 aliphatic carbocycles. The Morgan fingerprint density at radius 2 is 1.60 bits per heavy atom. The van der Waals surface area contributed by atoms with E-state index >= 15 is 0 Å². The van der Waals surface area contributed by atoms with Gasteiger partial charge in [0.15, 0.2) is 9.84 Å². The molecule has 0 spiro atoms. The van der Waals surface area contributed by atoms with Crippen LogP contribution in [0.15, 0.2) is 29.2 Å². The van der Waals surface area contributed by atoms with Crippen molar-refractivity contribution in [3.05, 3.63) is 24.3 Å². The van der Waals surface area contributed by atoms with Gasteiger partial charge in [0, 0.05) is 18.5 Å². The third-order valence-corrected chi connectivity index (χ3v) is 5.44. The quantitative estimate of drug-likeness (QED) is 0.858. The van der Waals surface area contributed by atoms with E-state index in [0.717, 1.165) is 12.2 Å². The van der Waals surface area contributed by atoms with Gasteiger partial charge in [0.05, 0.1) is 4.90 Å². The minimum atomic E-state index is -3.10. The second kappa shape index (κ2) is 6.17. The van der Waals surface area contributed by atoms with E-state index in [-0.39, 0.29) is 0 Å². The van der Waals surface area contributed by atoms with E-state index in [1.807, 2.05) is 12.1 Å². The number of rotatable bonds is 4. The molecule has 0 atom stereocenters. The third-order valence-electron chi connectivity index (χ3n) is 4.31. The zero-order chi connectivity index (χ0) is 14.6. The summed E-state index contributed by atoms with van der Waals surface area (Å²) in [5, 5.41) is 3.47. The molecule has 1 aromatic rings. The van der Waals surface area contributed by atoms with Gasteiger partial charge >= 0.3 is 0 Å². The van der Waals surface area contributed by atoms with Crippen molar-refractivity contribution < 1.29 is 8.42 Å². The van der Waals surface area contributed by atoms with Gasteiger partial charge in [0.25, 0.3) is 0 Å². The van der Waals surface area contributed by atoms with Crippen LogP contribution in [0.4, 0.5) is 5.69 Å². The van der Waals surface area contributed by atoms with E-state index in [9.17, 15) is 8.42 Å². The molecule has 0 amide bonds. The number of sulfone groups is 1. The number of hydrogen-bond acceptors (Lipinski definition) is 3. The van der Waals surface area contributed by atoms with E-state index in [4.69, 9.17) is 0 Å². The second-order valence-electron chi connectivity index (χ2n) is 6.37. The molecule has 3 nitrogen and oxygen atoms in total. The highest BCUT2D eigenvalue weighted by atomic mass is 32.2. The van der Waals surface area contributed by atoms with Gasteiger partial charge in [0.1, 0.15) is 0 Å². The third kappa shape index (κ3) is 4.23. The largest absolute Gasteiger partial charge is 0.384 e. The van der Waals surface area contributed by atoms with Gasteiger partial charge in [-0.05, 0) is 42.5 Å². The normalized spacial score (nSPS) is 19.3. The lowest BCUT2D eigenvalue weighted by Crippen LogP contribution is -2.25. The van der Waals surface area contributed by atoms with Crippen molar-refractivity contribution in [3.63, 3.8) is 0 Å². The van der Waals surface area contributed by atoms with Crippen LogP contribution in [0.1, 0.15) is 45.4 Å². The van der Waals surface area contributed by atoms with Crippen LogP contribution in [0.25, 0.3) is 0 Å². The summed E-state index contributed by atoms with van der Waals surface area (Å²) in [6.07, 6.45) is 9.17. The molecule has 1 aliphatic rings. The Morgan fingerprint density at radius 3 is 2.10 bits per heavy atom. The zero-order valence-corrected chi connectivity index (χ0v) is 13.3. The molecule has 4 heteroatoms. The second-order valence-corrected chi connectivity index (χ2v) is 8.39. The van der Waals surface area contributed by atoms with Crippen molar-refractivity contribution >= 4 is 15.5 Å². The molecule has 0 aliphatic heterocycles. The van der Waals surface area contributed by atoms with Crippen LogP contribution in [-0.2, 0) is 9.84 Å². The monoisotopic (exact) mass is 295 g/mol. The standard InChI is InChI=1S/C16H25NO2S/c1-16(11-5-3-4-6-12-16)13-17-14-7-9-15(10-8-14)20(2,18)19/h7-10,17H,3-6,11-13H2,1-2H3. The van der Waals surface area contributed by atoms with Crippen molar-refractivity contribution in [2.75, 3.05) is 18.1 Å². The minimum absolute atomic E-state index is 0.367. The number of benzene rings is 1. The Hall–Kier alpha value is -1.03. The first-order chi connectivity index (χ1) is 9.39. The van der Waals surface area contributed by atoms with Crippen LogP contribution >= 0.6 is 0 Å². The highest BCUT2D eigenvalue weighted by molar-refractivity contribution is 7.90. The van der Waals surface area contributed by atoms with Crippen molar-refractivity contribution in [2.45, 2.75) is 50.3 Å². The molecular formula is C16H25NO2S. The van der Waals surface area contributed by atoms with E-state index in [2.05, 4.69) is 12.2 Å². The molecular weight excluding hydrogens is 270 g/mol. The highest BCUT2D eigenvalue weighted by Crippen LogP contribution is 2.34. The van der Waals surface area contributed by atoms with Gasteiger partial charge in [-0.25, -0.2) is 8.42 Å². The smallest absolute Gasteiger partial charge is 0.175 e. The average molecular weight is 295 g/mol. The summed E-state index contributed by atoms with van der Waals surface area (Å²) in [6, 6.07) is 7.06. The maximum Gasteiger partial charge on any atom is 0.175 e. The lowest BCUT2D eigenvalue weighted by Gasteiger charge is -2.28. The zero-order valence-electron chi connectivity index (χ0n) is 12.5. The first-order valence-corrected chi connectivity index (χ1v) is 9.32. The molecule has 0 unspecified atom stereocenters. The fraction of sp³-hybridized carbons (Fsp3) is 0.625. The lowest BCUT2D eigenvalue weighted by atomic mass is 9.82. The van der Waals surface area contributed by atoms with Gasteiger partial charge in [-0.2, -0.15) is 0 Å². The van der Waals surface area contributed by atoms with Crippen molar-refractivity contribution in [1.29, 1.82) is 0 Å². The molecule has 0 saturated heterocycles. The fourth-order valence-electron chi connectivity index (χ4n) is 2.89. The topological polar surface area (TPSA) is 46.2 Å². The minimum Gasteiger partial charge on any atom is -0.384 e. The van der Waals surface area contributed by atoms with Crippen molar-refractivity contribution in [3.8, 4) is 0 Å². The van der Waals surface area contributed by atoms with Crippen molar-refractivity contribution in [1.82, 2.24) is 0 Å². The number of nitrogens with one attached hydrogen (secondary N) is 1. The molecule has 1 saturated carbocycles. The molecule has 0 aromatic heterocycles. The molecule has 0 bridgehead atoms. The van der Waals surface area contributed by atoms with Crippen LogP contribution in [0, 0.1) is 5.41 Å². The fourth-order valence-corrected chi connectivity index (χ4v) is 3.52. The molecule has 2 rings (SSSR count). The summed E-state index contributed by atoms with van der Waals surface area (Å²) < 4.78 is 22.8. The Morgan fingerprint density at radius 1 is 1.05 bits per heavy atom. The summed E-state index contributed by atoms with van der Waals surface area (Å²) in [5.41, 5.74) is 1.37. The molecule has 1 N–H and O–H groups in total. The number of hydrogen-bond donors (Lipinski definition) is 1. The van der Waals surface area contributed by atoms with Gasteiger partial charge in [0.2, 0.25) is 0 Å². The molecule has 1 aromatic carbocycles. The van der Waals surface area contributed by atoms with Gasteiger partial charge in [-0.3, -0.25) is 0 Å². The maximum absolute atomic E-state index is 11.4. The van der Waals surface area contributed by atoms with Gasteiger partial charge in [-0.15, -0.1) is 0 Å². The van der Waals surface area contributed by atoms with E-state index in [1.54, 1.807) is 12.1 Å². The Balaban J connectivity index is 1.96. The number of anilines is 1. The molecule has 0 heterocycles. The van der Waals surface area contributed by atoms with Crippen LogP contribution in [0.5, 0.6) is 0 Å². The predicted molar refractivity (Wildman–Crippen MR) is 83.9 cm³/mol. The average Bonchev–Trinajstić information content (AvgIpc) is 2.61. The first-order valence-electron chi connectivity index (χ1n) is 7.43. The van der Waals surface area contributed by atoms with Crippen LogP contribution in [0.2, 0.25) is 0 Å². The van der Waals surface area contributed by atoms with Crippen LogP contribution < -0.4 is 5.32 Å². The highest BCUT2D eigenvalue weighted by Gasteiger charge is 2.25. The Labute approximate surface area is 122 Å². The van der Waals surface area contributed by atoms with Gasteiger partial charge < -0.3 is 5.32 Å².